The van der Waals surface area contributed by atoms with Crippen molar-refractivity contribution in [1.29, 1.82) is 0 Å². The zero-order valence-corrected chi connectivity index (χ0v) is 10.9. The van der Waals surface area contributed by atoms with E-state index in [-0.39, 0.29) is 0 Å². The third-order valence-corrected chi connectivity index (χ3v) is 4.23. The molecule has 0 bridgehead atoms. The summed E-state index contributed by atoms with van der Waals surface area (Å²) in [5, 5.41) is 7.70. The SMILES string of the molecule is CNCCC1CCN(Cc2ccsc2)CC1. The highest BCUT2D eigenvalue weighted by molar-refractivity contribution is 7.07. The number of likely N-dealkylation sites (tertiary alicyclic amines) is 1. The molecule has 16 heavy (non-hydrogen) atoms. The molecule has 2 heterocycles. The smallest absolute Gasteiger partial charge is 0.0241 e. The Morgan fingerprint density at radius 3 is 2.88 bits per heavy atom. The highest BCUT2D eigenvalue weighted by atomic mass is 32.1. The Labute approximate surface area is 103 Å². The molecule has 0 aromatic carbocycles. The number of hydrogen-bond acceptors (Lipinski definition) is 3. The van der Waals surface area contributed by atoms with Crippen LogP contribution < -0.4 is 5.32 Å². The molecule has 90 valence electrons. The van der Waals surface area contributed by atoms with Crippen LogP contribution in [0.2, 0.25) is 0 Å². The molecule has 0 saturated carbocycles. The standard InChI is InChI=1S/C13H22N2S/c1-14-6-2-12-3-7-15(8-4-12)10-13-5-9-16-11-13/h5,9,11-12,14H,2-4,6-8,10H2,1H3. The lowest BCUT2D eigenvalue weighted by molar-refractivity contribution is 0.172. The minimum atomic E-state index is 0.950. The lowest BCUT2D eigenvalue weighted by atomic mass is 9.93. The van der Waals surface area contributed by atoms with E-state index in [0.717, 1.165) is 12.5 Å². The molecule has 2 rings (SSSR count). The van der Waals surface area contributed by atoms with Crippen LogP contribution in [0.25, 0.3) is 0 Å². The van der Waals surface area contributed by atoms with Crippen molar-refractivity contribution in [3.8, 4) is 0 Å². The lowest BCUT2D eigenvalue weighted by Gasteiger charge is -2.31. The van der Waals surface area contributed by atoms with E-state index in [4.69, 9.17) is 0 Å². The van der Waals surface area contributed by atoms with E-state index >= 15 is 0 Å². The Morgan fingerprint density at radius 2 is 2.25 bits per heavy atom. The van der Waals surface area contributed by atoms with Crippen LogP contribution in [-0.4, -0.2) is 31.6 Å². The molecule has 0 amide bonds. The maximum absolute atomic E-state index is 3.25. The summed E-state index contributed by atoms with van der Waals surface area (Å²) in [6, 6.07) is 2.25. The molecule has 1 aliphatic heterocycles. The highest BCUT2D eigenvalue weighted by Gasteiger charge is 2.18. The van der Waals surface area contributed by atoms with Gasteiger partial charge in [-0.1, -0.05) is 0 Å². The molecule has 0 radical (unpaired) electrons. The Bertz CT molecular complexity index is 276. The number of nitrogens with zero attached hydrogens (tertiary/aromatic N) is 1. The fourth-order valence-corrected chi connectivity index (χ4v) is 3.08. The number of piperidine rings is 1. The number of rotatable bonds is 5. The third-order valence-electron chi connectivity index (χ3n) is 3.50. The third kappa shape index (κ3) is 3.58. The molecule has 0 unspecified atom stereocenters. The zero-order chi connectivity index (χ0) is 11.2. The molecule has 1 aliphatic rings. The minimum Gasteiger partial charge on any atom is -0.320 e. The van der Waals surface area contributed by atoms with E-state index in [0.29, 0.717) is 0 Å². The first-order chi connectivity index (χ1) is 7.88. The normalized spacial score (nSPS) is 19.1. The van der Waals surface area contributed by atoms with Gasteiger partial charge >= 0.3 is 0 Å². The maximum atomic E-state index is 3.25. The number of thiophene rings is 1. The van der Waals surface area contributed by atoms with Gasteiger partial charge in [0.15, 0.2) is 0 Å². The van der Waals surface area contributed by atoms with Crippen molar-refractivity contribution in [2.45, 2.75) is 25.8 Å². The molecule has 1 aromatic heterocycles. The first-order valence-electron chi connectivity index (χ1n) is 6.26. The van der Waals surface area contributed by atoms with Crippen molar-refractivity contribution in [2.24, 2.45) is 5.92 Å². The zero-order valence-electron chi connectivity index (χ0n) is 10.1. The van der Waals surface area contributed by atoms with E-state index < -0.39 is 0 Å². The first kappa shape index (κ1) is 12.1. The summed E-state index contributed by atoms with van der Waals surface area (Å²) in [7, 11) is 2.05. The predicted octanol–water partition coefficient (Wildman–Crippen LogP) is 2.57. The summed E-state index contributed by atoms with van der Waals surface area (Å²) in [4.78, 5) is 2.60. The summed E-state index contributed by atoms with van der Waals surface area (Å²) in [5.41, 5.74) is 1.48. The van der Waals surface area contributed by atoms with Crippen molar-refractivity contribution < 1.29 is 0 Å². The quantitative estimate of drug-likeness (QED) is 0.848. The monoisotopic (exact) mass is 238 g/mol. The van der Waals surface area contributed by atoms with Crippen molar-refractivity contribution in [2.75, 3.05) is 26.7 Å². The van der Waals surface area contributed by atoms with Crippen LogP contribution in [0, 0.1) is 5.92 Å². The second-order valence-corrected chi connectivity index (χ2v) is 5.52. The van der Waals surface area contributed by atoms with Gasteiger partial charge in [-0.25, -0.2) is 0 Å². The molecule has 0 aliphatic carbocycles. The molecule has 1 N–H and O–H groups in total. The number of hydrogen-bond donors (Lipinski definition) is 1. The summed E-state index contributed by atoms with van der Waals surface area (Å²) >= 11 is 1.80. The van der Waals surface area contributed by atoms with Gasteiger partial charge in [-0.15, -0.1) is 0 Å². The average Bonchev–Trinajstić information content (AvgIpc) is 2.81. The topological polar surface area (TPSA) is 15.3 Å². The van der Waals surface area contributed by atoms with Gasteiger partial charge in [0.25, 0.3) is 0 Å². The summed E-state index contributed by atoms with van der Waals surface area (Å²) in [6.07, 6.45) is 4.11. The molecule has 2 nitrogen and oxygen atoms in total. The van der Waals surface area contributed by atoms with Gasteiger partial charge in [0, 0.05) is 6.54 Å². The van der Waals surface area contributed by atoms with Gasteiger partial charge in [-0.3, -0.25) is 4.90 Å². The molecular formula is C13H22N2S. The fourth-order valence-electron chi connectivity index (χ4n) is 2.42. The average molecular weight is 238 g/mol. The van der Waals surface area contributed by atoms with Crippen molar-refractivity contribution in [3.05, 3.63) is 22.4 Å². The molecular weight excluding hydrogens is 216 g/mol. The van der Waals surface area contributed by atoms with Crippen LogP contribution in [-0.2, 0) is 6.54 Å². The molecule has 3 heteroatoms. The van der Waals surface area contributed by atoms with E-state index in [1.807, 2.05) is 7.05 Å². The van der Waals surface area contributed by atoms with E-state index in [1.54, 1.807) is 11.3 Å². The maximum Gasteiger partial charge on any atom is 0.0241 e. The molecule has 0 atom stereocenters. The van der Waals surface area contributed by atoms with Gasteiger partial charge in [-0.05, 0) is 74.3 Å². The predicted molar refractivity (Wildman–Crippen MR) is 70.9 cm³/mol. The van der Waals surface area contributed by atoms with Crippen LogP contribution in [0.5, 0.6) is 0 Å². The van der Waals surface area contributed by atoms with Gasteiger partial charge < -0.3 is 5.32 Å². The van der Waals surface area contributed by atoms with E-state index in [1.165, 1.54) is 44.5 Å². The lowest BCUT2D eigenvalue weighted by Crippen LogP contribution is -2.33. The first-order valence-corrected chi connectivity index (χ1v) is 7.21. The number of nitrogens with one attached hydrogen (secondary N) is 1. The highest BCUT2D eigenvalue weighted by Crippen LogP contribution is 2.21. The fraction of sp³-hybridized carbons (Fsp3) is 0.692. The second kappa shape index (κ2) is 6.38. The molecule has 1 fully saturated rings. The summed E-state index contributed by atoms with van der Waals surface area (Å²) in [5.74, 6) is 0.950. The van der Waals surface area contributed by atoms with Gasteiger partial charge in [0.05, 0.1) is 0 Å². The van der Waals surface area contributed by atoms with Crippen LogP contribution >= 0.6 is 11.3 Å². The molecule has 1 aromatic rings. The minimum absolute atomic E-state index is 0.950. The second-order valence-electron chi connectivity index (χ2n) is 4.74. The summed E-state index contributed by atoms with van der Waals surface area (Å²) in [6.45, 7) is 4.89. The molecule has 0 spiro atoms. The Kier molecular flexibility index (Phi) is 4.82. The van der Waals surface area contributed by atoms with Gasteiger partial charge in [-0.2, -0.15) is 11.3 Å². The van der Waals surface area contributed by atoms with E-state index in [9.17, 15) is 0 Å². The van der Waals surface area contributed by atoms with Crippen LogP contribution in [0.4, 0.5) is 0 Å². The van der Waals surface area contributed by atoms with Gasteiger partial charge in [0.2, 0.25) is 0 Å². The van der Waals surface area contributed by atoms with Crippen LogP contribution in [0.3, 0.4) is 0 Å². The molecule has 1 saturated heterocycles. The van der Waals surface area contributed by atoms with E-state index in [2.05, 4.69) is 27.0 Å². The van der Waals surface area contributed by atoms with Crippen LogP contribution in [0.1, 0.15) is 24.8 Å². The van der Waals surface area contributed by atoms with Gasteiger partial charge in [0.1, 0.15) is 0 Å². The Hall–Kier alpha value is -0.380. The largest absolute Gasteiger partial charge is 0.320 e. The van der Waals surface area contributed by atoms with Crippen molar-refractivity contribution in [1.82, 2.24) is 10.2 Å². The van der Waals surface area contributed by atoms with Crippen LogP contribution in [0.15, 0.2) is 16.8 Å². The van der Waals surface area contributed by atoms with Crippen molar-refractivity contribution in [3.63, 3.8) is 0 Å². The Morgan fingerprint density at radius 1 is 1.44 bits per heavy atom. The summed E-state index contributed by atoms with van der Waals surface area (Å²) < 4.78 is 0. The Balaban J connectivity index is 1.69. The van der Waals surface area contributed by atoms with Crippen molar-refractivity contribution >= 4 is 11.3 Å².